The normalized spacial score (nSPS) is 12.9. The predicted octanol–water partition coefficient (Wildman–Crippen LogP) is 3.02. The highest BCUT2D eigenvalue weighted by atomic mass is 35.5. The number of rotatable bonds is 5. The largest absolute Gasteiger partial charge is 0.348 e. The van der Waals surface area contributed by atoms with E-state index in [1.165, 1.54) is 5.56 Å². The van der Waals surface area contributed by atoms with Crippen LogP contribution in [-0.2, 0) is 6.42 Å². The molecule has 1 atom stereocenters. The first kappa shape index (κ1) is 11.6. The minimum Gasteiger partial charge on any atom is -0.348 e. The van der Waals surface area contributed by atoms with Gasteiger partial charge in [0.1, 0.15) is 0 Å². The van der Waals surface area contributed by atoms with Gasteiger partial charge in [0.25, 0.3) is 0 Å². The summed E-state index contributed by atoms with van der Waals surface area (Å²) in [6.45, 7) is 3.07. The molecular weight excluding hydrogens is 242 g/mol. The predicted molar refractivity (Wildman–Crippen MR) is 68.0 cm³/mol. The number of hydrogen-bond donors (Lipinski definition) is 2. The Kier molecular flexibility index (Phi) is 3.98. The van der Waals surface area contributed by atoms with Crippen molar-refractivity contribution < 1.29 is 0 Å². The molecule has 0 aliphatic rings. The maximum absolute atomic E-state index is 5.90. The molecule has 0 amide bonds. The number of aromatic amines is 1. The van der Waals surface area contributed by atoms with Gasteiger partial charge in [0, 0.05) is 30.9 Å². The van der Waals surface area contributed by atoms with Crippen molar-refractivity contribution in [2.75, 3.05) is 6.54 Å². The van der Waals surface area contributed by atoms with Crippen LogP contribution in [0.25, 0.3) is 0 Å². The van der Waals surface area contributed by atoms with E-state index in [0.29, 0.717) is 6.04 Å². The highest BCUT2D eigenvalue weighted by Crippen LogP contribution is 2.24. The number of halogens is 1. The molecule has 86 valence electrons. The van der Waals surface area contributed by atoms with Crippen LogP contribution in [-0.4, -0.2) is 16.5 Å². The minimum atomic E-state index is 0.340. The molecule has 0 fully saturated rings. The van der Waals surface area contributed by atoms with E-state index in [-0.39, 0.29) is 0 Å². The molecule has 2 aromatic rings. The maximum Gasteiger partial charge on any atom is 0.0931 e. The number of nitrogens with one attached hydrogen (secondary N) is 2. The van der Waals surface area contributed by atoms with Crippen LogP contribution < -0.4 is 5.32 Å². The first-order chi connectivity index (χ1) is 7.75. The Labute approximate surface area is 104 Å². The topological polar surface area (TPSA) is 40.7 Å². The first-order valence-corrected chi connectivity index (χ1v) is 6.46. The van der Waals surface area contributed by atoms with Crippen LogP contribution in [0, 0.1) is 0 Å². The van der Waals surface area contributed by atoms with Gasteiger partial charge in [-0.1, -0.05) is 11.6 Å². The summed E-state index contributed by atoms with van der Waals surface area (Å²) >= 11 is 7.47. The third-order valence-electron chi connectivity index (χ3n) is 2.49. The van der Waals surface area contributed by atoms with E-state index in [2.05, 4.69) is 27.6 Å². The van der Waals surface area contributed by atoms with Gasteiger partial charge < -0.3 is 10.3 Å². The second-order valence-electron chi connectivity index (χ2n) is 3.69. The van der Waals surface area contributed by atoms with Crippen molar-refractivity contribution >= 4 is 22.9 Å². The Bertz CT molecular complexity index is 424. The molecule has 0 aliphatic heterocycles. The second-order valence-corrected chi connectivity index (χ2v) is 5.23. The van der Waals surface area contributed by atoms with Crippen molar-refractivity contribution in [3.8, 4) is 0 Å². The van der Waals surface area contributed by atoms with E-state index in [1.54, 1.807) is 17.7 Å². The van der Waals surface area contributed by atoms with Gasteiger partial charge in [0.05, 0.1) is 10.7 Å². The molecule has 0 saturated carbocycles. The molecule has 2 heterocycles. The third kappa shape index (κ3) is 3.07. The molecule has 0 aliphatic carbocycles. The maximum atomic E-state index is 5.90. The Balaban J connectivity index is 1.78. The zero-order chi connectivity index (χ0) is 11.4. The molecule has 0 aromatic carbocycles. The van der Waals surface area contributed by atoms with E-state index in [0.717, 1.165) is 23.0 Å². The van der Waals surface area contributed by atoms with Crippen LogP contribution in [0.3, 0.4) is 0 Å². The monoisotopic (exact) mass is 255 g/mol. The SMILES string of the molecule is CC(NCCc1cnc[nH]1)c1csc(Cl)c1. The minimum absolute atomic E-state index is 0.340. The van der Waals surface area contributed by atoms with Gasteiger partial charge in [-0.15, -0.1) is 11.3 Å². The third-order valence-corrected chi connectivity index (χ3v) is 3.60. The van der Waals surface area contributed by atoms with Crippen LogP contribution in [0.15, 0.2) is 24.0 Å². The molecule has 16 heavy (non-hydrogen) atoms. The molecule has 2 rings (SSSR count). The molecule has 0 radical (unpaired) electrons. The Morgan fingerprint density at radius 1 is 1.62 bits per heavy atom. The van der Waals surface area contributed by atoms with Crippen LogP contribution in [0.4, 0.5) is 0 Å². The van der Waals surface area contributed by atoms with Gasteiger partial charge in [-0.05, 0) is 23.9 Å². The molecule has 2 N–H and O–H groups in total. The van der Waals surface area contributed by atoms with Crippen molar-refractivity contribution in [1.29, 1.82) is 0 Å². The average molecular weight is 256 g/mol. The number of H-pyrrole nitrogens is 1. The fraction of sp³-hybridized carbons (Fsp3) is 0.364. The van der Waals surface area contributed by atoms with Gasteiger partial charge in [0.15, 0.2) is 0 Å². The van der Waals surface area contributed by atoms with Gasteiger partial charge in [-0.2, -0.15) is 0 Å². The number of thiophene rings is 1. The lowest BCUT2D eigenvalue weighted by Gasteiger charge is -2.11. The van der Waals surface area contributed by atoms with Crippen LogP contribution >= 0.6 is 22.9 Å². The number of hydrogen-bond acceptors (Lipinski definition) is 3. The summed E-state index contributed by atoms with van der Waals surface area (Å²) in [6, 6.07) is 2.35. The van der Waals surface area contributed by atoms with Crippen molar-refractivity contribution in [3.05, 3.63) is 39.6 Å². The van der Waals surface area contributed by atoms with Crippen LogP contribution in [0.2, 0.25) is 4.34 Å². The number of nitrogens with zero attached hydrogens (tertiary/aromatic N) is 1. The number of aromatic nitrogens is 2. The van der Waals surface area contributed by atoms with Crippen LogP contribution in [0.1, 0.15) is 24.2 Å². The summed E-state index contributed by atoms with van der Waals surface area (Å²) in [7, 11) is 0. The van der Waals surface area contributed by atoms with Crippen molar-refractivity contribution in [2.24, 2.45) is 0 Å². The summed E-state index contributed by atoms with van der Waals surface area (Å²) in [5, 5.41) is 5.54. The van der Waals surface area contributed by atoms with Crippen LogP contribution in [0.5, 0.6) is 0 Å². The molecule has 2 aromatic heterocycles. The fourth-order valence-electron chi connectivity index (χ4n) is 1.51. The molecule has 5 heteroatoms. The van der Waals surface area contributed by atoms with Gasteiger partial charge in [-0.25, -0.2) is 4.98 Å². The van der Waals surface area contributed by atoms with Crippen molar-refractivity contribution in [2.45, 2.75) is 19.4 Å². The van der Waals surface area contributed by atoms with Gasteiger partial charge in [-0.3, -0.25) is 0 Å². The highest BCUT2D eigenvalue weighted by Gasteiger charge is 2.06. The van der Waals surface area contributed by atoms with E-state index >= 15 is 0 Å². The Morgan fingerprint density at radius 3 is 3.12 bits per heavy atom. The van der Waals surface area contributed by atoms with E-state index in [9.17, 15) is 0 Å². The highest BCUT2D eigenvalue weighted by molar-refractivity contribution is 7.14. The molecule has 1 unspecified atom stereocenters. The summed E-state index contributed by atoms with van der Waals surface area (Å²) in [5.41, 5.74) is 2.41. The fourth-order valence-corrected chi connectivity index (χ4v) is 2.50. The molecule has 0 spiro atoms. The average Bonchev–Trinajstić information content (AvgIpc) is 2.89. The smallest absolute Gasteiger partial charge is 0.0931 e. The quantitative estimate of drug-likeness (QED) is 0.862. The standard InChI is InChI=1S/C11H14ClN3S/c1-8(9-4-11(12)16-6-9)14-3-2-10-5-13-7-15-10/h4-8,14H,2-3H2,1H3,(H,13,15). The zero-order valence-electron chi connectivity index (χ0n) is 9.03. The Morgan fingerprint density at radius 2 is 2.50 bits per heavy atom. The first-order valence-electron chi connectivity index (χ1n) is 5.20. The van der Waals surface area contributed by atoms with Gasteiger partial charge >= 0.3 is 0 Å². The summed E-state index contributed by atoms with van der Waals surface area (Å²) < 4.78 is 0.845. The number of imidazole rings is 1. The molecule has 0 saturated heterocycles. The van der Waals surface area contributed by atoms with E-state index < -0.39 is 0 Å². The lowest BCUT2D eigenvalue weighted by Crippen LogP contribution is -2.21. The summed E-state index contributed by atoms with van der Waals surface area (Å²) in [6.07, 6.45) is 4.52. The zero-order valence-corrected chi connectivity index (χ0v) is 10.6. The van der Waals surface area contributed by atoms with Crippen molar-refractivity contribution in [3.63, 3.8) is 0 Å². The lowest BCUT2D eigenvalue weighted by molar-refractivity contribution is 0.576. The molecule has 3 nitrogen and oxygen atoms in total. The van der Waals surface area contributed by atoms with E-state index in [4.69, 9.17) is 11.6 Å². The summed E-state index contributed by atoms with van der Waals surface area (Å²) in [5.74, 6) is 0. The molecular formula is C11H14ClN3S. The molecule has 0 bridgehead atoms. The Hall–Kier alpha value is -0.840. The van der Waals surface area contributed by atoms with Gasteiger partial charge in [0.2, 0.25) is 0 Å². The van der Waals surface area contributed by atoms with Crippen molar-refractivity contribution in [1.82, 2.24) is 15.3 Å². The van der Waals surface area contributed by atoms with E-state index in [1.807, 2.05) is 12.3 Å². The second kappa shape index (κ2) is 5.48. The summed E-state index contributed by atoms with van der Waals surface area (Å²) in [4.78, 5) is 7.07. The lowest BCUT2D eigenvalue weighted by atomic mass is 10.2.